The molecule has 0 radical (unpaired) electrons. The molecule has 0 fully saturated rings. The lowest BCUT2D eigenvalue weighted by molar-refractivity contribution is 0.666. The molecule has 2 nitrogen and oxygen atoms in total. The maximum Gasteiger partial charge on any atom is 0.0627 e. The summed E-state index contributed by atoms with van der Waals surface area (Å²) in [4.78, 5) is 4.12. The number of benzene rings is 10. The highest BCUT2D eigenvalue weighted by Gasteiger charge is 2.38. The fraction of sp³-hybridized carbons (Fsp3) is 0.0545. The van der Waals surface area contributed by atoms with E-state index < -0.39 is 0 Å². The number of H-pyrrole nitrogens is 1. The summed E-state index contributed by atoms with van der Waals surface area (Å²) in [6.45, 7) is 4.81. The highest BCUT2D eigenvalue weighted by atomic mass is 15.0. The van der Waals surface area contributed by atoms with Crippen LogP contribution in [0.1, 0.15) is 25.0 Å². The summed E-state index contributed by atoms with van der Waals surface area (Å²) in [6.07, 6.45) is 0. The van der Waals surface area contributed by atoms with Crippen molar-refractivity contribution in [3.8, 4) is 27.9 Å². The number of aromatic nitrogens is 2. The predicted molar refractivity (Wildman–Crippen MR) is 243 cm³/mol. The normalized spacial score (nSPS) is 13.6. The van der Waals surface area contributed by atoms with Gasteiger partial charge >= 0.3 is 0 Å². The Bertz CT molecular complexity index is 3710. The van der Waals surface area contributed by atoms with E-state index in [0.29, 0.717) is 0 Å². The topological polar surface area (TPSA) is 20.7 Å². The van der Waals surface area contributed by atoms with Crippen molar-refractivity contribution in [2.24, 2.45) is 0 Å². The van der Waals surface area contributed by atoms with E-state index in [1.54, 1.807) is 0 Å². The molecule has 0 bridgehead atoms. The van der Waals surface area contributed by atoms with Crippen LogP contribution in [-0.2, 0) is 5.41 Å². The Hall–Kier alpha value is -7.16. The first-order valence-corrected chi connectivity index (χ1v) is 20.0. The van der Waals surface area contributed by atoms with Crippen LogP contribution in [0.5, 0.6) is 0 Å². The summed E-state index contributed by atoms with van der Waals surface area (Å²) in [5.41, 5.74) is 13.9. The number of nitrogens with one attached hydrogen (secondary N) is 1. The van der Waals surface area contributed by atoms with Gasteiger partial charge in [0.1, 0.15) is 0 Å². The van der Waals surface area contributed by atoms with Crippen LogP contribution in [0.25, 0.3) is 115 Å². The number of hydrogen-bond acceptors (Lipinski definition) is 0. The second-order valence-electron chi connectivity index (χ2n) is 16.4. The van der Waals surface area contributed by atoms with Gasteiger partial charge in [-0.15, -0.1) is 0 Å². The zero-order valence-corrected chi connectivity index (χ0v) is 31.7. The van der Waals surface area contributed by atoms with Crippen molar-refractivity contribution >= 4 is 86.7 Å². The minimum absolute atomic E-state index is 0.137. The second kappa shape index (κ2) is 11.0. The first kappa shape index (κ1) is 31.1. The van der Waals surface area contributed by atoms with Crippen molar-refractivity contribution in [3.05, 3.63) is 187 Å². The van der Waals surface area contributed by atoms with Gasteiger partial charge in [0, 0.05) is 54.4 Å². The Morgan fingerprint density at radius 2 is 1.02 bits per heavy atom. The maximum atomic E-state index is 4.12. The first-order valence-electron chi connectivity index (χ1n) is 20.0. The van der Waals surface area contributed by atoms with E-state index in [1.807, 2.05) is 0 Å². The molecule has 2 heterocycles. The fourth-order valence-corrected chi connectivity index (χ4v) is 11.0. The zero-order valence-electron chi connectivity index (χ0n) is 31.7. The largest absolute Gasteiger partial charge is 0.353 e. The molecular weight excluding hydrogens is 689 g/mol. The number of rotatable bonds is 2. The van der Waals surface area contributed by atoms with E-state index in [4.69, 9.17) is 0 Å². The highest BCUT2D eigenvalue weighted by molar-refractivity contribution is 6.39. The smallest absolute Gasteiger partial charge is 0.0627 e. The first-order chi connectivity index (χ1) is 28.1. The van der Waals surface area contributed by atoms with Gasteiger partial charge in [0.15, 0.2) is 0 Å². The molecule has 57 heavy (non-hydrogen) atoms. The molecule has 1 aliphatic rings. The van der Waals surface area contributed by atoms with Gasteiger partial charge in [-0.3, -0.25) is 0 Å². The number of para-hydroxylation sites is 2. The molecule has 0 atom stereocenters. The summed E-state index contributed by atoms with van der Waals surface area (Å²) < 4.78 is 2.52. The molecule has 0 amide bonds. The van der Waals surface area contributed by atoms with E-state index in [0.717, 1.165) is 0 Å². The van der Waals surface area contributed by atoms with Crippen molar-refractivity contribution in [1.82, 2.24) is 9.55 Å². The second-order valence-corrected chi connectivity index (χ2v) is 16.4. The standard InChI is InChI=1S/C55H36N2/c1-55(2)45-29-13-12-24-41(45)47-36-21-9-8-20-35(36)46-37(25-14-27-42(46)50(47)55)38-26-15-28-43-48-49-44-31-30-32-16-6-7-19-34(32)53(44)57(33-17-4-3-5-18-33)54(49)40-23-11-10-22-39(40)52(48)56-51(38)43/h3-31,56H,1-2H3. The Labute approximate surface area is 329 Å². The van der Waals surface area contributed by atoms with Crippen LogP contribution >= 0.6 is 0 Å². The monoisotopic (exact) mass is 724 g/mol. The number of nitrogens with zero attached hydrogens (tertiary/aromatic N) is 1. The van der Waals surface area contributed by atoms with Crippen LogP contribution in [0.2, 0.25) is 0 Å². The average molecular weight is 725 g/mol. The number of fused-ring (bicyclic) bond motifs is 20. The van der Waals surface area contributed by atoms with Crippen molar-refractivity contribution in [1.29, 1.82) is 0 Å². The van der Waals surface area contributed by atoms with Gasteiger partial charge in [-0.25, -0.2) is 0 Å². The predicted octanol–water partition coefficient (Wildman–Crippen LogP) is 15.0. The Morgan fingerprint density at radius 1 is 0.386 bits per heavy atom. The molecule has 0 aliphatic heterocycles. The molecule has 1 N–H and O–H groups in total. The molecule has 12 aromatic rings. The average Bonchev–Trinajstić information content (AvgIpc) is 3.90. The third kappa shape index (κ3) is 3.90. The Balaban J connectivity index is 1.21. The lowest BCUT2D eigenvalue weighted by Crippen LogP contribution is -2.15. The zero-order chi connectivity index (χ0) is 37.6. The van der Waals surface area contributed by atoms with Gasteiger partial charge in [-0.1, -0.05) is 178 Å². The van der Waals surface area contributed by atoms with E-state index in [9.17, 15) is 0 Å². The van der Waals surface area contributed by atoms with Crippen molar-refractivity contribution in [2.75, 3.05) is 0 Å². The Morgan fingerprint density at radius 3 is 1.86 bits per heavy atom. The van der Waals surface area contributed by atoms with Crippen molar-refractivity contribution < 1.29 is 0 Å². The van der Waals surface area contributed by atoms with E-state index in [2.05, 4.69) is 199 Å². The van der Waals surface area contributed by atoms with Gasteiger partial charge < -0.3 is 9.55 Å². The number of aromatic amines is 1. The molecule has 266 valence electrons. The molecule has 13 rings (SSSR count). The van der Waals surface area contributed by atoms with Gasteiger partial charge in [0.2, 0.25) is 0 Å². The third-order valence-electron chi connectivity index (χ3n) is 13.2. The summed E-state index contributed by atoms with van der Waals surface area (Å²) in [7, 11) is 0. The van der Waals surface area contributed by atoms with Gasteiger partial charge in [-0.2, -0.15) is 0 Å². The molecule has 0 unspecified atom stereocenters. The molecule has 0 saturated carbocycles. The molecule has 2 aromatic heterocycles. The van der Waals surface area contributed by atoms with Crippen LogP contribution in [0.4, 0.5) is 0 Å². The SMILES string of the molecule is CC1(C)c2ccccc2-c2c1c1cccc(-c3cccc4c3[nH]c3c5ccccc5c5c(c6ccc7ccccc7c6n5-c5ccccc5)c43)c1c1ccccc21. The van der Waals surface area contributed by atoms with Crippen LogP contribution < -0.4 is 0 Å². The third-order valence-corrected chi connectivity index (χ3v) is 13.2. The molecule has 2 heteroatoms. The van der Waals surface area contributed by atoms with Gasteiger partial charge in [0.25, 0.3) is 0 Å². The molecule has 0 saturated heterocycles. The van der Waals surface area contributed by atoms with E-state index in [-0.39, 0.29) is 5.41 Å². The van der Waals surface area contributed by atoms with Crippen molar-refractivity contribution in [3.63, 3.8) is 0 Å². The molecule has 10 aromatic carbocycles. The summed E-state index contributed by atoms with van der Waals surface area (Å²) in [6, 6.07) is 65.4. The Kier molecular flexibility index (Phi) is 6.00. The lowest BCUT2D eigenvalue weighted by Gasteiger charge is -2.25. The van der Waals surface area contributed by atoms with Crippen LogP contribution in [0.15, 0.2) is 176 Å². The maximum absolute atomic E-state index is 4.12. The minimum Gasteiger partial charge on any atom is -0.353 e. The molecule has 0 spiro atoms. The summed E-state index contributed by atoms with van der Waals surface area (Å²) in [5.74, 6) is 0. The van der Waals surface area contributed by atoms with Gasteiger partial charge in [-0.05, 0) is 66.9 Å². The van der Waals surface area contributed by atoms with E-state index in [1.165, 1.54) is 126 Å². The fourth-order valence-electron chi connectivity index (χ4n) is 11.0. The molecular formula is C55H36N2. The highest BCUT2D eigenvalue weighted by Crippen LogP contribution is 2.56. The molecule has 1 aliphatic carbocycles. The van der Waals surface area contributed by atoms with Crippen LogP contribution in [-0.4, -0.2) is 9.55 Å². The summed E-state index contributed by atoms with van der Waals surface area (Å²) in [5, 5.41) is 15.3. The number of hydrogen-bond donors (Lipinski definition) is 1. The quantitative estimate of drug-likeness (QED) is 0.171. The lowest BCUT2D eigenvalue weighted by atomic mass is 9.78. The van der Waals surface area contributed by atoms with Crippen molar-refractivity contribution in [2.45, 2.75) is 19.3 Å². The van der Waals surface area contributed by atoms with Gasteiger partial charge in [0.05, 0.1) is 22.1 Å². The van der Waals surface area contributed by atoms with Crippen LogP contribution in [0.3, 0.4) is 0 Å². The van der Waals surface area contributed by atoms with Crippen LogP contribution in [0, 0.1) is 0 Å². The van der Waals surface area contributed by atoms with E-state index >= 15 is 0 Å². The summed E-state index contributed by atoms with van der Waals surface area (Å²) >= 11 is 0. The minimum atomic E-state index is -0.137.